The third-order valence-electron chi connectivity index (χ3n) is 3.70. The van der Waals surface area contributed by atoms with Crippen LogP contribution in [0.15, 0.2) is 36.4 Å². The summed E-state index contributed by atoms with van der Waals surface area (Å²) in [5, 5.41) is 2.81. The minimum absolute atomic E-state index is 1.37. The zero-order valence-electron chi connectivity index (χ0n) is 13.9. The molecule has 0 saturated carbocycles. The lowest BCUT2D eigenvalue weighted by Gasteiger charge is -2.46. The number of fused-ring (bicyclic) bond motifs is 1. The van der Waals surface area contributed by atoms with Crippen LogP contribution < -0.4 is 4.23 Å². The largest absolute Gasteiger partial charge is 0.424 e. The van der Waals surface area contributed by atoms with E-state index in [4.69, 9.17) is 0 Å². The quantitative estimate of drug-likeness (QED) is 0.665. The van der Waals surface area contributed by atoms with Crippen LogP contribution in [-0.2, 0) is 0 Å². The molecule has 3 heteroatoms. The minimum atomic E-state index is -1.40. The van der Waals surface area contributed by atoms with Gasteiger partial charge in [-0.15, -0.1) is 0 Å². The molecule has 0 aliphatic carbocycles. The minimum Gasteiger partial charge on any atom is -0.424 e. The van der Waals surface area contributed by atoms with E-state index in [0.29, 0.717) is 0 Å². The van der Waals surface area contributed by atoms with Crippen molar-refractivity contribution < 1.29 is 0 Å². The van der Waals surface area contributed by atoms with Crippen LogP contribution in [0.5, 0.6) is 0 Å². The van der Waals surface area contributed by atoms with Crippen molar-refractivity contribution in [1.29, 1.82) is 0 Å². The standard InChI is InChI=1S/C17H27NSi2/c1-14-12-13-17(16-11-9-8-10-15(14)16)18(19(2,3)4)20(5,6)7/h8-13H,1-7H3. The molecule has 0 unspecified atom stereocenters. The molecule has 0 spiro atoms. The van der Waals surface area contributed by atoms with Gasteiger partial charge < -0.3 is 4.23 Å². The molecule has 0 amide bonds. The predicted molar refractivity (Wildman–Crippen MR) is 97.9 cm³/mol. The number of anilines is 1. The van der Waals surface area contributed by atoms with Gasteiger partial charge in [0.25, 0.3) is 0 Å². The van der Waals surface area contributed by atoms with Gasteiger partial charge in [-0.2, -0.15) is 0 Å². The Labute approximate surface area is 125 Å². The summed E-state index contributed by atoms with van der Waals surface area (Å²) in [5.74, 6) is 0. The van der Waals surface area contributed by atoms with E-state index in [9.17, 15) is 0 Å². The smallest absolute Gasteiger partial charge is 0.138 e. The van der Waals surface area contributed by atoms with E-state index in [1.54, 1.807) is 0 Å². The molecule has 0 saturated heterocycles. The first-order chi connectivity index (χ1) is 9.12. The lowest BCUT2D eigenvalue weighted by Crippen LogP contribution is -2.59. The maximum atomic E-state index is 2.81. The fourth-order valence-corrected chi connectivity index (χ4v) is 13.2. The van der Waals surface area contributed by atoms with Crippen molar-refractivity contribution in [2.45, 2.75) is 46.2 Å². The molecule has 0 bridgehead atoms. The van der Waals surface area contributed by atoms with Crippen LogP contribution in [0.4, 0.5) is 5.69 Å². The monoisotopic (exact) mass is 301 g/mol. The van der Waals surface area contributed by atoms with Crippen molar-refractivity contribution in [3.8, 4) is 0 Å². The Morgan fingerprint density at radius 1 is 0.700 bits per heavy atom. The molecule has 1 nitrogen and oxygen atoms in total. The summed E-state index contributed by atoms with van der Waals surface area (Å²) in [6, 6.07) is 13.5. The first-order valence-electron chi connectivity index (χ1n) is 7.41. The van der Waals surface area contributed by atoms with Gasteiger partial charge in [0, 0.05) is 11.1 Å². The van der Waals surface area contributed by atoms with Crippen LogP contribution in [0.2, 0.25) is 39.3 Å². The molecule has 2 aromatic rings. The summed E-state index contributed by atoms with van der Waals surface area (Å²) in [7, 11) is -2.80. The third-order valence-corrected chi connectivity index (χ3v) is 10.9. The highest BCUT2D eigenvalue weighted by atomic mass is 28.4. The number of benzene rings is 2. The lowest BCUT2D eigenvalue weighted by molar-refractivity contribution is 1.36. The molecule has 0 aliphatic heterocycles. The molecular weight excluding hydrogens is 274 g/mol. The van der Waals surface area contributed by atoms with Crippen molar-refractivity contribution >= 4 is 32.9 Å². The SMILES string of the molecule is Cc1ccc(N([Si](C)(C)C)[Si](C)(C)C)c2ccccc12. The van der Waals surface area contributed by atoms with Crippen LogP contribution in [0.25, 0.3) is 10.8 Å². The molecule has 20 heavy (non-hydrogen) atoms. The van der Waals surface area contributed by atoms with Crippen LogP contribution in [0.1, 0.15) is 5.56 Å². The first kappa shape index (κ1) is 15.3. The maximum Gasteiger partial charge on any atom is 0.138 e. The Kier molecular flexibility index (Phi) is 3.86. The van der Waals surface area contributed by atoms with E-state index in [-0.39, 0.29) is 0 Å². The zero-order chi connectivity index (χ0) is 15.1. The Bertz CT molecular complexity index is 607. The number of hydrogen-bond acceptors (Lipinski definition) is 1. The molecule has 0 heterocycles. The summed E-state index contributed by atoms with van der Waals surface area (Å²) in [5.41, 5.74) is 2.82. The van der Waals surface area contributed by atoms with E-state index in [1.165, 1.54) is 22.0 Å². The fourth-order valence-electron chi connectivity index (χ4n) is 3.36. The maximum absolute atomic E-state index is 2.81. The Morgan fingerprint density at radius 2 is 1.20 bits per heavy atom. The second kappa shape index (κ2) is 5.04. The highest BCUT2D eigenvalue weighted by Gasteiger charge is 2.35. The molecule has 0 N–H and O–H groups in total. The Balaban J connectivity index is 2.76. The van der Waals surface area contributed by atoms with E-state index in [0.717, 1.165) is 0 Å². The zero-order valence-corrected chi connectivity index (χ0v) is 15.9. The van der Waals surface area contributed by atoms with Crippen LogP contribution in [0, 0.1) is 6.92 Å². The number of aryl methyl sites for hydroxylation is 1. The van der Waals surface area contributed by atoms with Gasteiger partial charge in [0.15, 0.2) is 0 Å². The molecule has 2 rings (SSSR count). The molecule has 0 aromatic heterocycles. The molecule has 0 aliphatic rings. The van der Waals surface area contributed by atoms with E-state index in [1.807, 2.05) is 0 Å². The van der Waals surface area contributed by atoms with Gasteiger partial charge in [-0.05, 0) is 23.9 Å². The van der Waals surface area contributed by atoms with Gasteiger partial charge >= 0.3 is 0 Å². The average molecular weight is 302 g/mol. The Hall–Kier alpha value is -1.07. The summed E-state index contributed by atoms with van der Waals surface area (Å²) in [6.07, 6.45) is 0. The molecule has 2 aromatic carbocycles. The number of rotatable bonds is 3. The lowest BCUT2D eigenvalue weighted by atomic mass is 10.0. The van der Waals surface area contributed by atoms with Gasteiger partial charge in [-0.1, -0.05) is 69.6 Å². The average Bonchev–Trinajstić information content (AvgIpc) is 2.29. The summed E-state index contributed by atoms with van der Waals surface area (Å²) >= 11 is 0. The van der Waals surface area contributed by atoms with E-state index < -0.39 is 16.5 Å². The van der Waals surface area contributed by atoms with Gasteiger partial charge in [-0.25, -0.2) is 0 Å². The molecule has 0 radical (unpaired) electrons. The van der Waals surface area contributed by atoms with Crippen LogP contribution in [-0.4, -0.2) is 16.5 Å². The molecule has 108 valence electrons. The second-order valence-electron chi connectivity index (χ2n) is 7.62. The normalized spacial score (nSPS) is 12.8. The Morgan fingerprint density at radius 3 is 1.70 bits per heavy atom. The highest BCUT2D eigenvalue weighted by molar-refractivity contribution is 6.99. The number of nitrogens with zero attached hydrogens (tertiary/aromatic N) is 1. The fraction of sp³-hybridized carbons (Fsp3) is 0.412. The van der Waals surface area contributed by atoms with Crippen molar-refractivity contribution in [1.82, 2.24) is 0 Å². The summed E-state index contributed by atoms with van der Waals surface area (Å²) in [4.78, 5) is 0. The topological polar surface area (TPSA) is 3.24 Å². The molecule has 0 atom stereocenters. The van der Waals surface area contributed by atoms with Crippen LogP contribution >= 0.6 is 0 Å². The summed E-state index contributed by atoms with van der Waals surface area (Å²) < 4.78 is 2.81. The van der Waals surface area contributed by atoms with E-state index in [2.05, 4.69) is 86.8 Å². The number of hydrogen-bond donors (Lipinski definition) is 0. The van der Waals surface area contributed by atoms with Crippen LogP contribution in [0.3, 0.4) is 0 Å². The van der Waals surface area contributed by atoms with Crippen molar-refractivity contribution in [3.63, 3.8) is 0 Å². The van der Waals surface area contributed by atoms with Gasteiger partial charge in [0.1, 0.15) is 16.5 Å². The molecule has 0 fully saturated rings. The van der Waals surface area contributed by atoms with Gasteiger partial charge in [0.2, 0.25) is 0 Å². The van der Waals surface area contributed by atoms with Crippen molar-refractivity contribution in [2.24, 2.45) is 0 Å². The van der Waals surface area contributed by atoms with Crippen molar-refractivity contribution in [3.05, 3.63) is 42.0 Å². The summed E-state index contributed by atoms with van der Waals surface area (Å²) in [6.45, 7) is 17.0. The molecular formula is C17H27NSi2. The first-order valence-corrected chi connectivity index (χ1v) is 14.3. The van der Waals surface area contributed by atoms with E-state index >= 15 is 0 Å². The second-order valence-corrected chi connectivity index (χ2v) is 17.6. The van der Waals surface area contributed by atoms with Gasteiger partial charge in [-0.3, -0.25) is 0 Å². The highest BCUT2D eigenvalue weighted by Crippen LogP contribution is 2.35. The predicted octanol–water partition coefficient (Wildman–Crippen LogP) is 5.62. The van der Waals surface area contributed by atoms with Crippen molar-refractivity contribution in [2.75, 3.05) is 4.23 Å². The third kappa shape index (κ3) is 2.84. The van der Waals surface area contributed by atoms with Gasteiger partial charge in [0.05, 0.1) is 0 Å².